The molecule has 0 bridgehead atoms. The topological polar surface area (TPSA) is 55.3 Å². The quantitative estimate of drug-likeness (QED) is 0.622. The molecule has 146 valence electrons. The summed E-state index contributed by atoms with van der Waals surface area (Å²) in [5.41, 5.74) is 1.42. The van der Waals surface area contributed by atoms with Crippen LogP contribution in [0, 0.1) is 5.41 Å². The van der Waals surface area contributed by atoms with Crippen molar-refractivity contribution in [2.24, 2.45) is 10.4 Å². The Bertz CT molecular complexity index is 669. The minimum atomic E-state index is 0.0792. The average molecular weight is 364 g/mol. The Labute approximate surface area is 157 Å². The van der Waals surface area contributed by atoms with E-state index >= 15 is 0 Å². The van der Waals surface area contributed by atoms with Crippen molar-refractivity contribution in [2.45, 2.75) is 39.7 Å². The van der Waals surface area contributed by atoms with Crippen LogP contribution in [0.25, 0.3) is 0 Å². The maximum atomic E-state index is 5.56. The summed E-state index contributed by atoms with van der Waals surface area (Å²) >= 11 is 0. The molecular formula is C20H33N3O3. The van der Waals surface area contributed by atoms with Gasteiger partial charge < -0.3 is 24.4 Å². The number of aliphatic imine (C=N–C) groups is 1. The summed E-state index contributed by atoms with van der Waals surface area (Å²) in [4.78, 5) is 6.79. The molecule has 0 radical (unpaired) electrons. The van der Waals surface area contributed by atoms with E-state index in [0.29, 0.717) is 17.2 Å². The maximum absolute atomic E-state index is 5.56. The van der Waals surface area contributed by atoms with Crippen LogP contribution in [0.3, 0.4) is 0 Å². The number of nitrogens with one attached hydrogen (secondary N) is 1. The van der Waals surface area contributed by atoms with Gasteiger partial charge in [-0.05, 0) is 26.3 Å². The molecule has 26 heavy (non-hydrogen) atoms. The van der Waals surface area contributed by atoms with Gasteiger partial charge in [-0.2, -0.15) is 0 Å². The lowest BCUT2D eigenvalue weighted by molar-refractivity contribution is -0.0666. The first-order valence-electron chi connectivity index (χ1n) is 8.99. The number of methoxy groups -OCH3 is 3. The summed E-state index contributed by atoms with van der Waals surface area (Å²) in [6.45, 7) is 10.9. The zero-order valence-corrected chi connectivity index (χ0v) is 17.4. The van der Waals surface area contributed by atoms with Crippen LogP contribution in [0.2, 0.25) is 0 Å². The van der Waals surface area contributed by atoms with Gasteiger partial charge in [0.2, 0.25) is 5.75 Å². The van der Waals surface area contributed by atoms with Crippen LogP contribution in [0.4, 0.5) is 0 Å². The Kier molecular flexibility index (Phi) is 5.94. The second-order valence-electron chi connectivity index (χ2n) is 7.75. The smallest absolute Gasteiger partial charge is 0.203 e. The van der Waals surface area contributed by atoms with Crippen LogP contribution in [-0.2, 0) is 6.42 Å². The van der Waals surface area contributed by atoms with Crippen molar-refractivity contribution in [1.82, 2.24) is 10.2 Å². The normalized spacial score (nSPS) is 18.2. The molecule has 1 aliphatic rings. The minimum Gasteiger partial charge on any atom is -0.493 e. The molecule has 1 fully saturated rings. The summed E-state index contributed by atoms with van der Waals surface area (Å²) in [7, 11) is 6.73. The summed E-state index contributed by atoms with van der Waals surface area (Å²) in [6.07, 6.45) is 0.792. The third kappa shape index (κ3) is 3.41. The monoisotopic (exact) mass is 363 g/mol. The SMILES string of the molecule is CN=C(NCCc1ccc(OC)c(OC)c1OC)N1CC(C)(C)C1(C)C. The Morgan fingerprint density at radius 1 is 1.08 bits per heavy atom. The van der Waals surface area contributed by atoms with E-state index < -0.39 is 0 Å². The van der Waals surface area contributed by atoms with Crippen LogP contribution in [0.5, 0.6) is 17.2 Å². The van der Waals surface area contributed by atoms with Crippen LogP contribution in [0.1, 0.15) is 33.3 Å². The third-order valence-electron chi connectivity index (χ3n) is 5.82. The highest BCUT2D eigenvalue weighted by atomic mass is 16.5. The van der Waals surface area contributed by atoms with E-state index in [0.717, 1.165) is 31.0 Å². The highest BCUT2D eigenvalue weighted by Gasteiger charge is 2.53. The fraction of sp³-hybridized carbons (Fsp3) is 0.650. The van der Waals surface area contributed by atoms with E-state index in [-0.39, 0.29) is 11.0 Å². The summed E-state index contributed by atoms with van der Waals surface area (Å²) in [5, 5.41) is 3.48. The lowest BCUT2D eigenvalue weighted by atomic mass is 9.65. The molecule has 2 rings (SSSR count). The average Bonchev–Trinajstić information content (AvgIpc) is 2.62. The summed E-state index contributed by atoms with van der Waals surface area (Å²) in [5.74, 6) is 2.95. The van der Waals surface area contributed by atoms with Crippen molar-refractivity contribution < 1.29 is 14.2 Å². The molecule has 0 amide bonds. The van der Waals surface area contributed by atoms with Gasteiger partial charge in [-0.3, -0.25) is 4.99 Å². The number of ether oxygens (including phenoxy) is 3. The van der Waals surface area contributed by atoms with E-state index in [1.54, 1.807) is 21.3 Å². The van der Waals surface area contributed by atoms with E-state index in [1.807, 2.05) is 19.2 Å². The zero-order chi connectivity index (χ0) is 19.5. The molecule has 0 atom stereocenters. The van der Waals surface area contributed by atoms with Gasteiger partial charge in [-0.25, -0.2) is 0 Å². The van der Waals surface area contributed by atoms with Crippen molar-refractivity contribution in [3.05, 3.63) is 17.7 Å². The minimum absolute atomic E-state index is 0.0792. The summed E-state index contributed by atoms with van der Waals surface area (Å²) < 4.78 is 16.4. The maximum Gasteiger partial charge on any atom is 0.203 e. The standard InChI is InChI=1S/C20H33N3O3/c1-19(2)13-23(20(19,3)4)18(21-5)22-12-11-14-9-10-15(24-6)17(26-8)16(14)25-7/h9-10H,11-13H2,1-8H3,(H,21,22). The molecule has 0 spiro atoms. The highest BCUT2D eigenvalue weighted by Crippen LogP contribution is 2.46. The van der Waals surface area contributed by atoms with Crippen LogP contribution < -0.4 is 19.5 Å². The van der Waals surface area contributed by atoms with Gasteiger partial charge in [0.25, 0.3) is 0 Å². The van der Waals surface area contributed by atoms with Gasteiger partial charge in [-0.1, -0.05) is 19.9 Å². The van der Waals surface area contributed by atoms with Crippen molar-refractivity contribution in [1.29, 1.82) is 0 Å². The number of nitrogens with zero attached hydrogens (tertiary/aromatic N) is 2. The van der Waals surface area contributed by atoms with Crippen LogP contribution in [-0.4, -0.2) is 57.9 Å². The molecule has 0 aromatic heterocycles. The Hall–Kier alpha value is -2.11. The molecule has 6 heteroatoms. The van der Waals surface area contributed by atoms with Crippen molar-refractivity contribution in [3.8, 4) is 17.2 Å². The van der Waals surface area contributed by atoms with E-state index in [1.165, 1.54) is 0 Å². The first-order chi connectivity index (χ1) is 12.2. The van der Waals surface area contributed by atoms with Crippen LogP contribution in [0.15, 0.2) is 17.1 Å². The van der Waals surface area contributed by atoms with Gasteiger partial charge in [-0.15, -0.1) is 0 Å². The highest BCUT2D eigenvalue weighted by molar-refractivity contribution is 5.82. The van der Waals surface area contributed by atoms with E-state index in [2.05, 4.69) is 42.9 Å². The second kappa shape index (κ2) is 7.64. The van der Waals surface area contributed by atoms with Crippen molar-refractivity contribution in [2.75, 3.05) is 41.5 Å². The first-order valence-corrected chi connectivity index (χ1v) is 8.99. The predicted octanol–water partition coefficient (Wildman–Crippen LogP) is 2.95. The molecule has 0 saturated carbocycles. The molecule has 6 nitrogen and oxygen atoms in total. The fourth-order valence-electron chi connectivity index (χ4n) is 3.36. The van der Waals surface area contributed by atoms with E-state index in [4.69, 9.17) is 14.2 Å². The van der Waals surface area contributed by atoms with Crippen LogP contribution >= 0.6 is 0 Å². The second-order valence-corrected chi connectivity index (χ2v) is 7.75. The number of benzene rings is 1. The van der Waals surface area contributed by atoms with Gasteiger partial charge in [0, 0.05) is 36.7 Å². The lowest BCUT2D eigenvalue weighted by Gasteiger charge is -2.62. The van der Waals surface area contributed by atoms with Gasteiger partial charge in [0.15, 0.2) is 17.5 Å². The fourth-order valence-corrected chi connectivity index (χ4v) is 3.36. The van der Waals surface area contributed by atoms with Gasteiger partial charge in [0.1, 0.15) is 0 Å². The zero-order valence-electron chi connectivity index (χ0n) is 17.4. The molecule has 1 aliphatic heterocycles. The molecule has 1 saturated heterocycles. The number of rotatable bonds is 6. The number of hydrogen-bond donors (Lipinski definition) is 1. The Morgan fingerprint density at radius 3 is 2.19 bits per heavy atom. The number of hydrogen-bond acceptors (Lipinski definition) is 4. The van der Waals surface area contributed by atoms with Crippen molar-refractivity contribution >= 4 is 5.96 Å². The first kappa shape index (κ1) is 20.2. The number of guanidine groups is 1. The Morgan fingerprint density at radius 2 is 1.73 bits per heavy atom. The molecule has 1 N–H and O–H groups in total. The molecule has 1 heterocycles. The van der Waals surface area contributed by atoms with Crippen molar-refractivity contribution in [3.63, 3.8) is 0 Å². The molecule has 0 aliphatic carbocycles. The number of likely N-dealkylation sites (tertiary alicyclic amines) is 1. The van der Waals surface area contributed by atoms with Gasteiger partial charge >= 0.3 is 0 Å². The Balaban J connectivity index is 2.06. The molecule has 1 aromatic carbocycles. The lowest BCUT2D eigenvalue weighted by Crippen LogP contribution is -2.72. The summed E-state index contributed by atoms with van der Waals surface area (Å²) in [6, 6.07) is 3.92. The molecule has 0 unspecified atom stereocenters. The van der Waals surface area contributed by atoms with E-state index in [9.17, 15) is 0 Å². The molecule has 1 aromatic rings. The largest absolute Gasteiger partial charge is 0.493 e. The predicted molar refractivity (Wildman–Crippen MR) is 106 cm³/mol. The molecular weight excluding hydrogens is 330 g/mol. The third-order valence-corrected chi connectivity index (χ3v) is 5.82. The van der Waals surface area contributed by atoms with Gasteiger partial charge in [0.05, 0.1) is 21.3 Å².